The summed E-state index contributed by atoms with van der Waals surface area (Å²) in [5.74, 6) is 0.0211. The zero-order chi connectivity index (χ0) is 15.4. The van der Waals surface area contributed by atoms with E-state index in [2.05, 4.69) is 20.8 Å². The first-order valence-corrected chi connectivity index (χ1v) is 8.06. The molecule has 0 aromatic heterocycles. The second-order valence-electron chi connectivity index (χ2n) is 7.59. The quantitative estimate of drug-likeness (QED) is 0.796. The fourth-order valence-electron chi connectivity index (χ4n) is 4.97. The molecule has 4 heteroatoms. The van der Waals surface area contributed by atoms with Gasteiger partial charge in [-0.1, -0.05) is 27.2 Å². The molecule has 0 amide bonds. The van der Waals surface area contributed by atoms with E-state index in [1.807, 2.05) is 6.92 Å². The fraction of sp³-hybridized carbons (Fsp3) is 0.824. The van der Waals surface area contributed by atoms with Crippen LogP contribution >= 0.6 is 0 Å². The highest BCUT2D eigenvalue weighted by Gasteiger charge is 2.58. The van der Waals surface area contributed by atoms with Gasteiger partial charge < -0.3 is 14.6 Å². The smallest absolute Gasteiger partial charge is 0.337 e. The van der Waals surface area contributed by atoms with Crippen molar-refractivity contribution in [2.75, 3.05) is 6.61 Å². The number of esters is 1. The van der Waals surface area contributed by atoms with E-state index in [9.17, 15) is 9.90 Å². The van der Waals surface area contributed by atoms with Gasteiger partial charge in [0.1, 0.15) is 0 Å². The van der Waals surface area contributed by atoms with Crippen LogP contribution in [-0.4, -0.2) is 30.1 Å². The van der Waals surface area contributed by atoms with Gasteiger partial charge in [0.15, 0.2) is 0 Å². The van der Waals surface area contributed by atoms with Crippen LogP contribution in [-0.2, 0) is 14.3 Å². The fourth-order valence-corrected chi connectivity index (χ4v) is 4.97. The molecule has 3 rings (SSSR count). The van der Waals surface area contributed by atoms with Gasteiger partial charge in [0.05, 0.1) is 11.7 Å². The van der Waals surface area contributed by atoms with E-state index in [-0.39, 0.29) is 16.8 Å². The third-order valence-corrected chi connectivity index (χ3v) is 5.90. The lowest BCUT2D eigenvalue weighted by molar-refractivity contribution is -0.160. The molecule has 4 nitrogen and oxygen atoms in total. The van der Waals surface area contributed by atoms with Crippen molar-refractivity contribution in [2.45, 2.75) is 65.8 Å². The topological polar surface area (TPSA) is 55.8 Å². The highest BCUT2D eigenvalue weighted by atomic mass is 16.7. The normalized spacial score (nSPS) is 41.6. The predicted octanol–water partition coefficient (Wildman–Crippen LogP) is 2.80. The maximum absolute atomic E-state index is 12.4. The summed E-state index contributed by atoms with van der Waals surface area (Å²) in [6, 6.07) is 0. The van der Waals surface area contributed by atoms with Crippen molar-refractivity contribution in [1.29, 1.82) is 0 Å². The van der Waals surface area contributed by atoms with Crippen LogP contribution in [0.15, 0.2) is 11.1 Å². The Balaban J connectivity index is 2.09. The zero-order valence-electron chi connectivity index (χ0n) is 13.4. The lowest BCUT2D eigenvalue weighted by Gasteiger charge is -2.54. The van der Waals surface area contributed by atoms with E-state index in [4.69, 9.17) is 9.47 Å². The second kappa shape index (κ2) is 4.82. The van der Waals surface area contributed by atoms with Crippen molar-refractivity contribution in [3.63, 3.8) is 0 Å². The largest absolute Gasteiger partial charge is 0.428 e. The minimum Gasteiger partial charge on any atom is -0.428 e. The van der Waals surface area contributed by atoms with E-state index < -0.39 is 12.4 Å². The molecule has 0 aromatic carbocycles. The van der Waals surface area contributed by atoms with Crippen LogP contribution in [0.4, 0.5) is 0 Å². The molecule has 0 bridgehead atoms. The van der Waals surface area contributed by atoms with Gasteiger partial charge in [0, 0.05) is 17.6 Å². The molecular formula is C17H26O4. The first kappa shape index (κ1) is 15.0. The van der Waals surface area contributed by atoms with Crippen molar-refractivity contribution in [2.24, 2.45) is 16.7 Å². The number of ether oxygens (including phenoxy) is 2. The average molecular weight is 294 g/mol. The molecule has 0 aromatic rings. The summed E-state index contributed by atoms with van der Waals surface area (Å²) in [5.41, 5.74) is 1.34. The minimum atomic E-state index is -0.685. The van der Waals surface area contributed by atoms with Crippen molar-refractivity contribution in [1.82, 2.24) is 0 Å². The Morgan fingerprint density at radius 2 is 2.05 bits per heavy atom. The number of fused-ring (bicyclic) bond motifs is 2. The van der Waals surface area contributed by atoms with E-state index in [0.29, 0.717) is 30.1 Å². The Morgan fingerprint density at radius 1 is 1.33 bits per heavy atom. The Bertz CT molecular complexity index is 493. The SMILES string of the molecule is CCO[C@H]1OC(=O)C2=C1[C@@H](O)C[C@H]1C(C)(C)CCC[C@]21C. The first-order chi connectivity index (χ1) is 9.81. The maximum Gasteiger partial charge on any atom is 0.337 e. The molecule has 1 saturated carbocycles. The molecule has 2 aliphatic carbocycles. The molecule has 1 N–H and O–H groups in total. The highest BCUT2D eigenvalue weighted by Crippen LogP contribution is 2.61. The molecule has 21 heavy (non-hydrogen) atoms. The average Bonchev–Trinajstić information content (AvgIpc) is 2.71. The first-order valence-electron chi connectivity index (χ1n) is 8.06. The second-order valence-corrected chi connectivity index (χ2v) is 7.59. The number of cyclic esters (lactones) is 1. The van der Waals surface area contributed by atoms with E-state index >= 15 is 0 Å². The van der Waals surface area contributed by atoms with Gasteiger partial charge in [0.2, 0.25) is 6.29 Å². The molecule has 1 fully saturated rings. The summed E-state index contributed by atoms with van der Waals surface area (Å²) in [7, 11) is 0. The Hall–Kier alpha value is -0.870. The van der Waals surface area contributed by atoms with E-state index in [1.54, 1.807) is 0 Å². The lowest BCUT2D eigenvalue weighted by atomic mass is 9.50. The predicted molar refractivity (Wildman–Crippen MR) is 78.4 cm³/mol. The Morgan fingerprint density at radius 3 is 2.71 bits per heavy atom. The van der Waals surface area contributed by atoms with Crippen LogP contribution in [0.25, 0.3) is 0 Å². The van der Waals surface area contributed by atoms with Crippen molar-refractivity contribution in [3.8, 4) is 0 Å². The maximum atomic E-state index is 12.4. The summed E-state index contributed by atoms with van der Waals surface area (Å²) >= 11 is 0. The molecule has 3 aliphatic rings. The van der Waals surface area contributed by atoms with Crippen molar-refractivity contribution < 1.29 is 19.4 Å². The number of aliphatic hydroxyl groups excluding tert-OH is 1. The molecule has 0 spiro atoms. The molecule has 0 unspecified atom stereocenters. The highest BCUT2D eigenvalue weighted by molar-refractivity contribution is 5.94. The van der Waals surface area contributed by atoms with Crippen LogP contribution < -0.4 is 0 Å². The Labute approximate surface area is 126 Å². The van der Waals surface area contributed by atoms with Gasteiger partial charge >= 0.3 is 5.97 Å². The van der Waals surface area contributed by atoms with Crippen molar-refractivity contribution in [3.05, 3.63) is 11.1 Å². The van der Waals surface area contributed by atoms with Gasteiger partial charge in [-0.05, 0) is 37.5 Å². The van der Waals surface area contributed by atoms with Crippen LogP contribution in [0.3, 0.4) is 0 Å². The van der Waals surface area contributed by atoms with Crippen LogP contribution in [0.5, 0.6) is 0 Å². The molecule has 4 atom stereocenters. The number of rotatable bonds is 2. The minimum absolute atomic E-state index is 0.135. The summed E-state index contributed by atoms with van der Waals surface area (Å²) in [5, 5.41) is 10.6. The Kier molecular flexibility index (Phi) is 3.45. The molecular weight excluding hydrogens is 268 g/mol. The zero-order valence-corrected chi connectivity index (χ0v) is 13.4. The summed E-state index contributed by atoms with van der Waals surface area (Å²) in [6.07, 6.45) is 2.63. The molecule has 0 saturated heterocycles. The molecule has 0 radical (unpaired) electrons. The molecule has 118 valence electrons. The standard InChI is InChI=1S/C17H26O4/c1-5-20-15-12-10(18)9-11-16(2,3)7-6-8-17(11,4)13(12)14(19)21-15/h10-11,15,18H,5-9H2,1-4H3/t10-,11-,15-,17-/m0/s1. The number of hydrogen-bond donors (Lipinski definition) is 1. The van der Waals surface area contributed by atoms with Gasteiger partial charge in [-0.2, -0.15) is 0 Å². The third kappa shape index (κ3) is 2.07. The monoisotopic (exact) mass is 294 g/mol. The van der Waals surface area contributed by atoms with Crippen LogP contribution in [0.2, 0.25) is 0 Å². The van der Waals surface area contributed by atoms with Gasteiger partial charge in [-0.25, -0.2) is 4.79 Å². The summed E-state index contributed by atoms with van der Waals surface area (Å²) in [6.45, 7) is 9.03. The molecule has 1 aliphatic heterocycles. The number of carbonyl (C=O) groups excluding carboxylic acids is 1. The van der Waals surface area contributed by atoms with E-state index in [0.717, 1.165) is 19.3 Å². The van der Waals surface area contributed by atoms with Crippen LogP contribution in [0.1, 0.15) is 53.4 Å². The summed E-state index contributed by atoms with van der Waals surface area (Å²) < 4.78 is 10.9. The molecule has 1 heterocycles. The number of hydrogen-bond acceptors (Lipinski definition) is 4. The van der Waals surface area contributed by atoms with Crippen LogP contribution in [0, 0.1) is 16.7 Å². The number of carbonyl (C=O) groups is 1. The summed E-state index contributed by atoms with van der Waals surface area (Å²) in [4.78, 5) is 12.4. The van der Waals surface area contributed by atoms with Gasteiger partial charge in [-0.15, -0.1) is 0 Å². The van der Waals surface area contributed by atoms with Crippen molar-refractivity contribution >= 4 is 5.97 Å². The van der Waals surface area contributed by atoms with Gasteiger partial charge in [0.25, 0.3) is 0 Å². The van der Waals surface area contributed by atoms with E-state index in [1.165, 1.54) is 0 Å². The lowest BCUT2D eigenvalue weighted by Crippen LogP contribution is -2.49. The van der Waals surface area contributed by atoms with Gasteiger partial charge in [-0.3, -0.25) is 0 Å². The number of aliphatic hydroxyl groups is 1. The third-order valence-electron chi connectivity index (χ3n) is 5.90.